The molecule has 0 unspecified atom stereocenters. The third kappa shape index (κ3) is 2.56. The maximum absolute atomic E-state index is 12.0. The summed E-state index contributed by atoms with van der Waals surface area (Å²) in [5.41, 5.74) is 5.39. The van der Waals surface area contributed by atoms with Gasteiger partial charge in [-0.1, -0.05) is 0 Å². The molecule has 17 heavy (non-hydrogen) atoms. The number of carbonyl (C=O) groups excluding carboxylic acids is 2. The van der Waals surface area contributed by atoms with Crippen LogP contribution >= 0.6 is 0 Å². The second-order valence-electron chi connectivity index (χ2n) is 3.60. The molecule has 0 bridgehead atoms. The van der Waals surface area contributed by atoms with Gasteiger partial charge in [-0.15, -0.1) is 0 Å². The number of morpholine rings is 1. The summed E-state index contributed by atoms with van der Waals surface area (Å²) >= 11 is 0. The predicted molar refractivity (Wildman–Crippen MR) is 56.9 cm³/mol. The van der Waals surface area contributed by atoms with Crippen LogP contribution in [0, 0.1) is 0 Å². The van der Waals surface area contributed by atoms with Crippen LogP contribution in [0.4, 0.5) is 0 Å². The lowest BCUT2D eigenvalue weighted by Crippen LogP contribution is -2.50. The highest BCUT2D eigenvalue weighted by Crippen LogP contribution is 2.08. The van der Waals surface area contributed by atoms with Crippen LogP contribution in [0.5, 0.6) is 0 Å². The molecule has 7 heteroatoms. The molecule has 1 aromatic rings. The Morgan fingerprint density at radius 3 is 2.94 bits per heavy atom. The topological polar surface area (TPSA) is 98.4 Å². The number of carbonyl (C=O) groups is 2. The van der Waals surface area contributed by atoms with Gasteiger partial charge in [-0.05, 0) is 0 Å². The molecule has 1 saturated heterocycles. The van der Waals surface area contributed by atoms with Gasteiger partial charge in [0.15, 0.2) is 6.10 Å². The molecule has 2 N–H and O–H groups in total. The van der Waals surface area contributed by atoms with Crippen molar-refractivity contribution in [2.24, 2.45) is 5.73 Å². The molecule has 0 saturated carbocycles. The number of nitrogens with two attached hydrogens (primary N) is 1. The van der Waals surface area contributed by atoms with E-state index in [1.165, 1.54) is 23.5 Å². The number of rotatable bonds is 2. The minimum absolute atomic E-state index is 0.157. The second kappa shape index (κ2) is 4.88. The third-order valence-electron chi connectivity index (χ3n) is 2.45. The lowest BCUT2D eigenvalue weighted by atomic mass is 10.2. The van der Waals surface area contributed by atoms with Crippen molar-refractivity contribution in [3.05, 3.63) is 24.3 Å². The standard InChI is InChI=1S/C10H12N4O3/c11-9(15)8-6-14(3-4-17-8)10(16)7-5-12-1-2-13-7/h1-2,5,8H,3-4,6H2,(H2,11,15)/t8-/m1/s1. The molecule has 1 atom stereocenters. The molecule has 1 aliphatic rings. The van der Waals surface area contributed by atoms with E-state index >= 15 is 0 Å². The minimum Gasteiger partial charge on any atom is -0.367 e. The van der Waals surface area contributed by atoms with Crippen molar-refractivity contribution < 1.29 is 14.3 Å². The first-order valence-electron chi connectivity index (χ1n) is 5.14. The van der Waals surface area contributed by atoms with Gasteiger partial charge in [-0.3, -0.25) is 14.6 Å². The molecular weight excluding hydrogens is 224 g/mol. The minimum atomic E-state index is -0.746. The van der Waals surface area contributed by atoms with E-state index in [1.54, 1.807) is 0 Å². The van der Waals surface area contributed by atoms with E-state index in [0.29, 0.717) is 13.2 Å². The fourth-order valence-corrected chi connectivity index (χ4v) is 1.58. The number of aromatic nitrogens is 2. The van der Waals surface area contributed by atoms with E-state index in [0.717, 1.165) is 0 Å². The lowest BCUT2D eigenvalue weighted by Gasteiger charge is -2.30. The molecule has 90 valence electrons. The Morgan fingerprint density at radius 2 is 2.29 bits per heavy atom. The summed E-state index contributed by atoms with van der Waals surface area (Å²) in [6.45, 7) is 0.865. The Labute approximate surface area is 97.6 Å². The Balaban J connectivity index is 2.07. The first kappa shape index (κ1) is 11.5. The summed E-state index contributed by atoms with van der Waals surface area (Å²) in [7, 11) is 0. The summed E-state index contributed by atoms with van der Waals surface area (Å²) in [5.74, 6) is -0.839. The zero-order valence-corrected chi connectivity index (χ0v) is 9.07. The summed E-state index contributed by atoms with van der Waals surface area (Å²) in [5, 5.41) is 0. The van der Waals surface area contributed by atoms with Crippen molar-refractivity contribution in [2.45, 2.75) is 6.10 Å². The molecule has 0 aliphatic carbocycles. The van der Waals surface area contributed by atoms with E-state index in [4.69, 9.17) is 10.5 Å². The van der Waals surface area contributed by atoms with Gasteiger partial charge >= 0.3 is 0 Å². The maximum atomic E-state index is 12.0. The molecule has 7 nitrogen and oxygen atoms in total. The van der Waals surface area contributed by atoms with Crippen LogP contribution in [0.2, 0.25) is 0 Å². The molecule has 1 aromatic heterocycles. The van der Waals surface area contributed by atoms with Crippen LogP contribution in [0.1, 0.15) is 10.5 Å². The van der Waals surface area contributed by atoms with Crippen molar-refractivity contribution in [3.8, 4) is 0 Å². The fourth-order valence-electron chi connectivity index (χ4n) is 1.58. The molecule has 0 spiro atoms. The molecule has 2 heterocycles. The van der Waals surface area contributed by atoms with E-state index in [-0.39, 0.29) is 18.1 Å². The predicted octanol–water partition coefficient (Wildman–Crippen LogP) is -1.20. The Bertz CT molecular complexity index is 423. The van der Waals surface area contributed by atoms with E-state index in [9.17, 15) is 9.59 Å². The molecule has 2 rings (SSSR count). The van der Waals surface area contributed by atoms with Crippen molar-refractivity contribution in [2.75, 3.05) is 19.7 Å². The Kier molecular flexibility index (Phi) is 3.29. The molecule has 1 fully saturated rings. The van der Waals surface area contributed by atoms with Gasteiger partial charge in [0.2, 0.25) is 5.91 Å². The van der Waals surface area contributed by atoms with Crippen LogP contribution in [0.25, 0.3) is 0 Å². The monoisotopic (exact) mass is 236 g/mol. The van der Waals surface area contributed by atoms with Gasteiger partial charge in [0, 0.05) is 18.9 Å². The zero-order valence-electron chi connectivity index (χ0n) is 9.07. The number of ether oxygens (including phenoxy) is 1. The van der Waals surface area contributed by atoms with Gasteiger partial charge < -0.3 is 15.4 Å². The van der Waals surface area contributed by atoms with Crippen molar-refractivity contribution in [3.63, 3.8) is 0 Å². The lowest BCUT2D eigenvalue weighted by molar-refractivity contribution is -0.133. The van der Waals surface area contributed by atoms with Gasteiger partial charge in [-0.25, -0.2) is 4.98 Å². The van der Waals surface area contributed by atoms with Crippen LogP contribution in [0.3, 0.4) is 0 Å². The van der Waals surface area contributed by atoms with Crippen LogP contribution in [-0.2, 0) is 9.53 Å². The first-order valence-corrected chi connectivity index (χ1v) is 5.14. The number of hydrogen-bond donors (Lipinski definition) is 1. The molecule has 0 aromatic carbocycles. The van der Waals surface area contributed by atoms with Crippen molar-refractivity contribution >= 4 is 11.8 Å². The highest BCUT2D eigenvalue weighted by Gasteiger charge is 2.28. The first-order chi connectivity index (χ1) is 8.18. The van der Waals surface area contributed by atoms with Crippen LogP contribution < -0.4 is 5.73 Å². The van der Waals surface area contributed by atoms with E-state index < -0.39 is 12.0 Å². The highest BCUT2D eigenvalue weighted by atomic mass is 16.5. The summed E-state index contributed by atoms with van der Waals surface area (Å²) in [6.07, 6.45) is 3.57. The normalized spacial score (nSPS) is 20.0. The number of nitrogens with zero attached hydrogens (tertiary/aromatic N) is 3. The van der Waals surface area contributed by atoms with Gasteiger partial charge in [0.25, 0.3) is 5.91 Å². The molecule has 2 amide bonds. The number of hydrogen-bond acceptors (Lipinski definition) is 5. The van der Waals surface area contributed by atoms with Gasteiger partial charge in [0.05, 0.1) is 19.3 Å². The van der Waals surface area contributed by atoms with Crippen molar-refractivity contribution in [1.29, 1.82) is 0 Å². The number of primary amides is 1. The average molecular weight is 236 g/mol. The Hall–Kier alpha value is -2.02. The smallest absolute Gasteiger partial charge is 0.274 e. The molecular formula is C10H12N4O3. The van der Waals surface area contributed by atoms with Crippen LogP contribution in [0.15, 0.2) is 18.6 Å². The fraction of sp³-hybridized carbons (Fsp3) is 0.400. The van der Waals surface area contributed by atoms with E-state index in [1.807, 2.05) is 0 Å². The average Bonchev–Trinajstić information content (AvgIpc) is 2.39. The largest absolute Gasteiger partial charge is 0.367 e. The van der Waals surface area contributed by atoms with Crippen molar-refractivity contribution in [1.82, 2.24) is 14.9 Å². The van der Waals surface area contributed by atoms with Gasteiger partial charge in [-0.2, -0.15) is 0 Å². The second-order valence-corrected chi connectivity index (χ2v) is 3.60. The van der Waals surface area contributed by atoms with Crippen LogP contribution in [-0.4, -0.2) is 52.5 Å². The zero-order chi connectivity index (χ0) is 12.3. The number of amides is 2. The highest BCUT2D eigenvalue weighted by molar-refractivity contribution is 5.92. The SMILES string of the molecule is NC(=O)[C@H]1CN(C(=O)c2cnccn2)CCO1. The maximum Gasteiger partial charge on any atom is 0.274 e. The van der Waals surface area contributed by atoms with Gasteiger partial charge in [0.1, 0.15) is 5.69 Å². The Morgan fingerprint density at radius 1 is 1.47 bits per heavy atom. The quantitative estimate of drug-likeness (QED) is 0.695. The molecule has 0 radical (unpaired) electrons. The summed E-state index contributed by atoms with van der Waals surface area (Å²) in [4.78, 5) is 32.2. The summed E-state index contributed by atoms with van der Waals surface area (Å²) < 4.78 is 5.15. The summed E-state index contributed by atoms with van der Waals surface area (Å²) in [6, 6.07) is 0. The third-order valence-corrected chi connectivity index (χ3v) is 2.45. The molecule has 1 aliphatic heterocycles. The van der Waals surface area contributed by atoms with E-state index in [2.05, 4.69) is 9.97 Å².